The van der Waals surface area contributed by atoms with Crippen LogP contribution in [-0.2, 0) is 9.53 Å². The SMILES string of the molecule is Cc1ccc(N2CCOC(CN)C2=O)c(C)c1. The monoisotopic (exact) mass is 234 g/mol. The summed E-state index contributed by atoms with van der Waals surface area (Å²) in [6.45, 7) is 5.43. The third kappa shape index (κ3) is 2.33. The molecule has 1 aliphatic heterocycles. The fourth-order valence-corrected chi connectivity index (χ4v) is 2.16. The number of benzene rings is 1. The first-order valence-corrected chi connectivity index (χ1v) is 5.84. The van der Waals surface area contributed by atoms with E-state index in [0.29, 0.717) is 13.2 Å². The lowest BCUT2D eigenvalue weighted by molar-refractivity contribution is -0.133. The van der Waals surface area contributed by atoms with Crippen LogP contribution in [0.5, 0.6) is 0 Å². The third-order valence-corrected chi connectivity index (χ3v) is 3.03. The summed E-state index contributed by atoms with van der Waals surface area (Å²) in [5, 5.41) is 0. The Kier molecular flexibility index (Phi) is 3.45. The molecule has 1 heterocycles. The van der Waals surface area contributed by atoms with Gasteiger partial charge >= 0.3 is 0 Å². The molecule has 17 heavy (non-hydrogen) atoms. The van der Waals surface area contributed by atoms with Crippen LogP contribution in [0, 0.1) is 13.8 Å². The number of nitrogens with zero attached hydrogens (tertiary/aromatic N) is 1. The summed E-state index contributed by atoms with van der Waals surface area (Å²) in [4.78, 5) is 13.9. The molecule has 4 heteroatoms. The van der Waals surface area contributed by atoms with E-state index in [9.17, 15) is 4.79 Å². The average Bonchev–Trinajstić information content (AvgIpc) is 2.30. The smallest absolute Gasteiger partial charge is 0.257 e. The van der Waals surface area contributed by atoms with Crippen LogP contribution in [0.2, 0.25) is 0 Å². The van der Waals surface area contributed by atoms with Crippen molar-refractivity contribution in [2.75, 3.05) is 24.6 Å². The molecule has 1 saturated heterocycles. The molecular weight excluding hydrogens is 216 g/mol. The number of nitrogens with two attached hydrogens (primary N) is 1. The molecule has 0 aliphatic carbocycles. The number of hydrogen-bond donors (Lipinski definition) is 1. The molecule has 1 amide bonds. The lowest BCUT2D eigenvalue weighted by Crippen LogP contribution is -2.51. The number of carbonyl (C=O) groups is 1. The number of ether oxygens (including phenoxy) is 1. The van der Waals surface area contributed by atoms with Crippen LogP contribution in [0.1, 0.15) is 11.1 Å². The molecule has 4 nitrogen and oxygen atoms in total. The molecule has 0 spiro atoms. The summed E-state index contributed by atoms with van der Waals surface area (Å²) in [5.41, 5.74) is 8.79. The molecule has 1 aromatic carbocycles. The van der Waals surface area contributed by atoms with Gasteiger partial charge in [0.15, 0.2) is 0 Å². The standard InChI is InChI=1S/C13H18N2O2/c1-9-3-4-11(10(2)7-9)15-5-6-17-12(8-14)13(15)16/h3-4,7,12H,5-6,8,14H2,1-2H3. The van der Waals surface area contributed by atoms with Crippen LogP contribution in [0.15, 0.2) is 18.2 Å². The Hall–Kier alpha value is -1.39. The molecule has 92 valence electrons. The molecule has 1 atom stereocenters. The second-order valence-electron chi connectivity index (χ2n) is 4.37. The molecule has 0 saturated carbocycles. The van der Waals surface area contributed by atoms with Crippen molar-refractivity contribution in [1.29, 1.82) is 0 Å². The summed E-state index contributed by atoms with van der Waals surface area (Å²) in [6.07, 6.45) is -0.496. The molecular formula is C13H18N2O2. The van der Waals surface area contributed by atoms with Crippen LogP contribution in [0.3, 0.4) is 0 Å². The quantitative estimate of drug-likeness (QED) is 0.830. The summed E-state index contributed by atoms with van der Waals surface area (Å²) in [6, 6.07) is 6.08. The minimum absolute atomic E-state index is 0.0364. The second kappa shape index (κ2) is 4.85. The zero-order valence-corrected chi connectivity index (χ0v) is 10.3. The number of carbonyl (C=O) groups excluding carboxylic acids is 1. The van der Waals surface area contributed by atoms with Crippen molar-refractivity contribution in [2.24, 2.45) is 5.73 Å². The van der Waals surface area contributed by atoms with E-state index in [1.165, 1.54) is 5.56 Å². The van der Waals surface area contributed by atoms with Crippen molar-refractivity contribution in [1.82, 2.24) is 0 Å². The number of aryl methyl sites for hydroxylation is 2. The van der Waals surface area contributed by atoms with E-state index in [1.54, 1.807) is 4.90 Å². The maximum atomic E-state index is 12.1. The van der Waals surface area contributed by atoms with Crippen molar-refractivity contribution >= 4 is 11.6 Å². The number of anilines is 1. The Morgan fingerprint density at radius 1 is 1.47 bits per heavy atom. The van der Waals surface area contributed by atoms with E-state index in [-0.39, 0.29) is 12.5 Å². The minimum atomic E-state index is -0.496. The van der Waals surface area contributed by atoms with Crippen LogP contribution >= 0.6 is 0 Å². The lowest BCUT2D eigenvalue weighted by atomic mass is 10.1. The number of hydrogen-bond acceptors (Lipinski definition) is 3. The number of rotatable bonds is 2. The summed E-state index contributed by atoms with van der Waals surface area (Å²) < 4.78 is 5.34. The summed E-state index contributed by atoms with van der Waals surface area (Å²) >= 11 is 0. The van der Waals surface area contributed by atoms with Gasteiger partial charge < -0.3 is 15.4 Å². The van der Waals surface area contributed by atoms with Gasteiger partial charge in [-0.25, -0.2) is 0 Å². The molecule has 0 radical (unpaired) electrons. The second-order valence-corrected chi connectivity index (χ2v) is 4.37. The lowest BCUT2D eigenvalue weighted by Gasteiger charge is -2.32. The Morgan fingerprint density at radius 3 is 2.88 bits per heavy atom. The van der Waals surface area contributed by atoms with Gasteiger partial charge in [-0.05, 0) is 25.5 Å². The number of amides is 1. The topological polar surface area (TPSA) is 55.6 Å². The highest BCUT2D eigenvalue weighted by Gasteiger charge is 2.29. The highest BCUT2D eigenvalue weighted by atomic mass is 16.5. The Labute approximate surface area is 101 Å². The predicted molar refractivity (Wildman–Crippen MR) is 67.1 cm³/mol. The Morgan fingerprint density at radius 2 is 2.24 bits per heavy atom. The maximum absolute atomic E-state index is 12.1. The molecule has 2 N–H and O–H groups in total. The predicted octanol–water partition coefficient (Wildman–Crippen LogP) is 0.994. The Bertz CT molecular complexity index is 431. The van der Waals surface area contributed by atoms with Crippen LogP contribution < -0.4 is 10.6 Å². The zero-order valence-electron chi connectivity index (χ0n) is 10.3. The van der Waals surface area contributed by atoms with E-state index in [1.807, 2.05) is 26.0 Å². The van der Waals surface area contributed by atoms with Crippen LogP contribution in [0.25, 0.3) is 0 Å². The van der Waals surface area contributed by atoms with Gasteiger partial charge in [-0.15, -0.1) is 0 Å². The first kappa shape index (κ1) is 12.1. The largest absolute Gasteiger partial charge is 0.365 e. The van der Waals surface area contributed by atoms with Crippen molar-refractivity contribution in [3.63, 3.8) is 0 Å². The van der Waals surface area contributed by atoms with Crippen molar-refractivity contribution in [3.8, 4) is 0 Å². The van der Waals surface area contributed by atoms with Crippen molar-refractivity contribution in [3.05, 3.63) is 29.3 Å². The van der Waals surface area contributed by atoms with Gasteiger partial charge in [0.1, 0.15) is 6.10 Å². The van der Waals surface area contributed by atoms with Gasteiger partial charge in [0.05, 0.1) is 6.61 Å². The van der Waals surface area contributed by atoms with Gasteiger partial charge in [0.25, 0.3) is 5.91 Å². The van der Waals surface area contributed by atoms with Crippen molar-refractivity contribution in [2.45, 2.75) is 20.0 Å². The first-order chi connectivity index (χ1) is 8.13. The van der Waals surface area contributed by atoms with Gasteiger partial charge in [-0.3, -0.25) is 4.79 Å². The molecule has 0 bridgehead atoms. The molecule has 2 rings (SSSR count). The molecule has 0 aromatic heterocycles. The van der Waals surface area contributed by atoms with Gasteiger partial charge in [-0.2, -0.15) is 0 Å². The molecule has 1 fully saturated rings. The van der Waals surface area contributed by atoms with E-state index in [2.05, 4.69) is 6.07 Å². The molecule has 1 aromatic rings. The zero-order chi connectivity index (χ0) is 12.4. The van der Waals surface area contributed by atoms with Gasteiger partial charge in [0.2, 0.25) is 0 Å². The van der Waals surface area contributed by atoms with Crippen LogP contribution in [0.4, 0.5) is 5.69 Å². The van der Waals surface area contributed by atoms with E-state index in [4.69, 9.17) is 10.5 Å². The van der Waals surface area contributed by atoms with E-state index in [0.717, 1.165) is 11.3 Å². The first-order valence-electron chi connectivity index (χ1n) is 5.84. The molecule has 1 unspecified atom stereocenters. The van der Waals surface area contributed by atoms with E-state index < -0.39 is 6.10 Å². The fraction of sp³-hybridized carbons (Fsp3) is 0.462. The molecule has 1 aliphatic rings. The Balaban J connectivity index is 2.29. The maximum Gasteiger partial charge on any atom is 0.257 e. The third-order valence-electron chi connectivity index (χ3n) is 3.03. The fourth-order valence-electron chi connectivity index (χ4n) is 2.16. The highest BCUT2D eigenvalue weighted by Crippen LogP contribution is 2.23. The average molecular weight is 234 g/mol. The summed E-state index contributed by atoms with van der Waals surface area (Å²) in [5.74, 6) is -0.0364. The minimum Gasteiger partial charge on any atom is -0.365 e. The van der Waals surface area contributed by atoms with E-state index >= 15 is 0 Å². The normalized spacial score (nSPS) is 20.8. The number of morpholine rings is 1. The highest BCUT2D eigenvalue weighted by molar-refractivity contribution is 5.98. The van der Waals surface area contributed by atoms with Gasteiger partial charge in [-0.1, -0.05) is 17.7 Å². The van der Waals surface area contributed by atoms with Gasteiger partial charge in [0, 0.05) is 18.8 Å². The van der Waals surface area contributed by atoms with Crippen molar-refractivity contribution < 1.29 is 9.53 Å². The summed E-state index contributed by atoms with van der Waals surface area (Å²) in [7, 11) is 0. The van der Waals surface area contributed by atoms with Crippen LogP contribution in [-0.4, -0.2) is 31.7 Å².